The van der Waals surface area contributed by atoms with Crippen LogP contribution < -0.4 is 14.8 Å². The molecule has 0 spiro atoms. The van der Waals surface area contributed by atoms with Crippen LogP contribution in [0.1, 0.15) is 22.5 Å². The molecule has 32 heavy (non-hydrogen) atoms. The van der Waals surface area contributed by atoms with Crippen molar-refractivity contribution in [1.29, 1.82) is 0 Å². The van der Waals surface area contributed by atoms with Gasteiger partial charge in [0.25, 0.3) is 0 Å². The van der Waals surface area contributed by atoms with Crippen molar-refractivity contribution in [2.24, 2.45) is 4.99 Å². The fourth-order valence-corrected chi connectivity index (χ4v) is 4.17. The molecule has 4 rings (SSSR count). The highest BCUT2D eigenvalue weighted by Gasteiger charge is 2.21. The molecule has 2 heterocycles. The lowest BCUT2D eigenvalue weighted by Gasteiger charge is -2.32. The van der Waals surface area contributed by atoms with E-state index in [0.29, 0.717) is 0 Å². The summed E-state index contributed by atoms with van der Waals surface area (Å²) in [6.07, 6.45) is 5.68. The Balaban J connectivity index is 1.36. The first kappa shape index (κ1) is 21.7. The average Bonchev–Trinajstić information content (AvgIpc) is 3.27. The number of nitrogens with zero attached hydrogens (tertiary/aromatic N) is 4. The lowest BCUT2D eigenvalue weighted by atomic mass is 9.99. The average molecular weight is 434 g/mol. The molecular weight excluding hydrogens is 402 g/mol. The highest BCUT2D eigenvalue weighted by atomic mass is 16.5. The van der Waals surface area contributed by atoms with Gasteiger partial charge in [-0.3, -0.25) is 4.99 Å². The van der Waals surface area contributed by atoms with Gasteiger partial charge in [-0.25, -0.2) is 4.98 Å². The van der Waals surface area contributed by atoms with E-state index in [1.165, 1.54) is 16.7 Å². The molecule has 1 aliphatic rings. The van der Waals surface area contributed by atoms with Crippen LogP contribution in [0.2, 0.25) is 0 Å². The molecule has 7 heteroatoms. The van der Waals surface area contributed by atoms with Crippen LogP contribution in [0.25, 0.3) is 0 Å². The number of hydrogen-bond acceptors (Lipinski definition) is 4. The molecule has 0 aliphatic carbocycles. The van der Waals surface area contributed by atoms with Crippen molar-refractivity contribution in [3.63, 3.8) is 0 Å². The number of guanidine groups is 1. The fraction of sp³-hybridized carbons (Fsp3) is 0.360. The van der Waals surface area contributed by atoms with Gasteiger partial charge in [-0.2, -0.15) is 0 Å². The van der Waals surface area contributed by atoms with Crippen molar-refractivity contribution in [2.45, 2.75) is 25.9 Å². The second kappa shape index (κ2) is 10.2. The van der Waals surface area contributed by atoms with Crippen LogP contribution in [-0.2, 0) is 25.9 Å². The normalized spacial score (nSPS) is 13.6. The Morgan fingerprint density at radius 2 is 1.84 bits per heavy atom. The zero-order valence-corrected chi connectivity index (χ0v) is 19.0. The first-order valence-corrected chi connectivity index (χ1v) is 10.9. The van der Waals surface area contributed by atoms with Crippen molar-refractivity contribution in [1.82, 2.24) is 19.8 Å². The third-order valence-electron chi connectivity index (χ3n) is 5.86. The van der Waals surface area contributed by atoms with Crippen LogP contribution >= 0.6 is 0 Å². The summed E-state index contributed by atoms with van der Waals surface area (Å²) in [6.45, 7) is 3.30. The van der Waals surface area contributed by atoms with Gasteiger partial charge in [0.15, 0.2) is 17.5 Å². The van der Waals surface area contributed by atoms with E-state index < -0.39 is 0 Å². The van der Waals surface area contributed by atoms with Gasteiger partial charge in [0, 0.05) is 52.0 Å². The van der Waals surface area contributed by atoms with Gasteiger partial charge in [-0.05, 0) is 35.2 Å². The molecular formula is C25H31N5O2. The molecule has 1 aromatic heterocycles. The third kappa shape index (κ3) is 4.88. The molecule has 168 valence electrons. The molecule has 7 nitrogen and oxygen atoms in total. The second-order valence-corrected chi connectivity index (χ2v) is 7.83. The minimum atomic E-state index is 0.765. The molecule has 0 bridgehead atoms. The summed E-state index contributed by atoms with van der Waals surface area (Å²) in [5.41, 5.74) is 3.82. The van der Waals surface area contributed by atoms with Crippen molar-refractivity contribution in [3.05, 3.63) is 77.4 Å². The van der Waals surface area contributed by atoms with Gasteiger partial charge < -0.3 is 24.3 Å². The quantitative estimate of drug-likeness (QED) is 0.458. The van der Waals surface area contributed by atoms with Crippen molar-refractivity contribution in [3.8, 4) is 11.5 Å². The molecule has 1 N–H and O–H groups in total. The molecule has 0 fully saturated rings. The maximum absolute atomic E-state index is 5.49. The van der Waals surface area contributed by atoms with Gasteiger partial charge in [-0.1, -0.05) is 30.3 Å². The molecule has 1 aliphatic heterocycles. The number of imidazole rings is 1. The van der Waals surface area contributed by atoms with E-state index >= 15 is 0 Å². The highest BCUT2D eigenvalue weighted by molar-refractivity contribution is 5.80. The second-order valence-electron chi connectivity index (χ2n) is 7.83. The van der Waals surface area contributed by atoms with Crippen molar-refractivity contribution >= 4 is 5.96 Å². The van der Waals surface area contributed by atoms with Gasteiger partial charge >= 0.3 is 0 Å². The molecule has 0 saturated carbocycles. The predicted octanol–water partition coefficient (Wildman–Crippen LogP) is 3.12. The number of aliphatic imine (C=N–C) groups is 1. The Bertz CT molecular complexity index is 1060. The van der Waals surface area contributed by atoms with Gasteiger partial charge in [0.1, 0.15) is 5.82 Å². The number of fused-ring (bicyclic) bond motifs is 1. The molecule has 0 unspecified atom stereocenters. The van der Waals surface area contributed by atoms with E-state index in [2.05, 4.69) is 61.2 Å². The standard InChI is InChI=1S/C25H31N5O2/c1-26-25(30-13-10-20-15-22(31-2)23(32-3)16-21(20)18-30)28-11-9-24-27-12-14-29(24)17-19-7-5-4-6-8-19/h4-8,12,14-16H,9-11,13,17-18H2,1-3H3,(H,26,28). The topological polar surface area (TPSA) is 63.9 Å². The molecule has 0 amide bonds. The maximum Gasteiger partial charge on any atom is 0.193 e. The zero-order chi connectivity index (χ0) is 22.3. The summed E-state index contributed by atoms with van der Waals surface area (Å²) in [5, 5.41) is 3.52. The summed E-state index contributed by atoms with van der Waals surface area (Å²) >= 11 is 0. The molecule has 3 aromatic rings. The first-order valence-electron chi connectivity index (χ1n) is 10.9. The largest absolute Gasteiger partial charge is 0.493 e. The Kier molecular flexibility index (Phi) is 6.94. The number of hydrogen-bond donors (Lipinski definition) is 1. The van der Waals surface area contributed by atoms with E-state index in [9.17, 15) is 0 Å². The number of methoxy groups -OCH3 is 2. The maximum atomic E-state index is 5.49. The van der Waals surface area contributed by atoms with E-state index in [-0.39, 0.29) is 0 Å². The summed E-state index contributed by atoms with van der Waals surface area (Å²) in [7, 11) is 5.19. The van der Waals surface area contributed by atoms with E-state index in [0.717, 1.165) is 62.3 Å². The van der Waals surface area contributed by atoms with Gasteiger partial charge in [-0.15, -0.1) is 0 Å². The molecule has 2 aromatic carbocycles. The summed E-state index contributed by atoms with van der Waals surface area (Å²) in [5.74, 6) is 3.53. The zero-order valence-electron chi connectivity index (χ0n) is 19.0. The van der Waals surface area contributed by atoms with Gasteiger partial charge in [0.05, 0.1) is 14.2 Å². The minimum absolute atomic E-state index is 0.765. The Hall–Kier alpha value is -3.48. The Morgan fingerprint density at radius 1 is 1.09 bits per heavy atom. The highest BCUT2D eigenvalue weighted by Crippen LogP contribution is 2.33. The number of benzene rings is 2. The Morgan fingerprint density at radius 3 is 2.56 bits per heavy atom. The fourth-order valence-electron chi connectivity index (χ4n) is 4.17. The van der Waals surface area contributed by atoms with Gasteiger partial charge in [0.2, 0.25) is 0 Å². The van der Waals surface area contributed by atoms with Crippen LogP contribution in [0.15, 0.2) is 59.9 Å². The minimum Gasteiger partial charge on any atom is -0.493 e. The Labute approximate surface area is 189 Å². The van der Waals surface area contributed by atoms with Crippen LogP contribution in [0.4, 0.5) is 0 Å². The first-order chi connectivity index (χ1) is 15.7. The number of rotatable bonds is 7. The van der Waals surface area contributed by atoms with Crippen LogP contribution in [-0.4, -0.2) is 54.8 Å². The van der Waals surface area contributed by atoms with Crippen LogP contribution in [0.5, 0.6) is 11.5 Å². The van der Waals surface area contributed by atoms with Crippen LogP contribution in [0, 0.1) is 0 Å². The lowest BCUT2D eigenvalue weighted by Crippen LogP contribution is -2.44. The van der Waals surface area contributed by atoms with Crippen molar-refractivity contribution < 1.29 is 9.47 Å². The summed E-state index contributed by atoms with van der Waals surface area (Å²) in [4.78, 5) is 11.4. The smallest absolute Gasteiger partial charge is 0.193 e. The summed E-state index contributed by atoms with van der Waals surface area (Å²) in [6, 6.07) is 14.6. The lowest BCUT2D eigenvalue weighted by molar-refractivity contribution is 0.346. The molecule has 0 saturated heterocycles. The van der Waals surface area contributed by atoms with Crippen molar-refractivity contribution in [2.75, 3.05) is 34.4 Å². The third-order valence-corrected chi connectivity index (χ3v) is 5.86. The van der Waals surface area contributed by atoms with E-state index in [4.69, 9.17) is 9.47 Å². The summed E-state index contributed by atoms with van der Waals surface area (Å²) < 4.78 is 13.1. The SMILES string of the molecule is CN=C(NCCc1nccn1Cc1ccccc1)N1CCc2cc(OC)c(OC)cc2C1. The van der Waals surface area contributed by atoms with E-state index in [1.807, 2.05) is 25.5 Å². The monoisotopic (exact) mass is 433 g/mol. The molecule has 0 radical (unpaired) electrons. The number of aromatic nitrogens is 2. The molecule has 0 atom stereocenters. The number of ether oxygens (including phenoxy) is 2. The number of nitrogens with one attached hydrogen (secondary N) is 1. The predicted molar refractivity (Wildman–Crippen MR) is 126 cm³/mol. The van der Waals surface area contributed by atoms with E-state index in [1.54, 1.807) is 14.2 Å². The van der Waals surface area contributed by atoms with Crippen LogP contribution in [0.3, 0.4) is 0 Å².